The Labute approximate surface area is 154 Å². The van der Waals surface area contributed by atoms with Crippen molar-refractivity contribution in [3.63, 3.8) is 0 Å². The first-order chi connectivity index (χ1) is 12.2. The summed E-state index contributed by atoms with van der Waals surface area (Å²) in [6.07, 6.45) is 1.34. The molecule has 0 radical (unpaired) electrons. The maximum atomic E-state index is 12.3. The highest BCUT2D eigenvalue weighted by molar-refractivity contribution is 7.89. The van der Waals surface area contributed by atoms with Gasteiger partial charge in [0.05, 0.1) is 11.0 Å². The van der Waals surface area contributed by atoms with Crippen LogP contribution in [0.25, 0.3) is 0 Å². The molecule has 7 nitrogen and oxygen atoms in total. The quantitative estimate of drug-likeness (QED) is 0.653. The summed E-state index contributed by atoms with van der Waals surface area (Å²) >= 11 is 0. The molecule has 142 valence electrons. The van der Waals surface area contributed by atoms with E-state index in [4.69, 9.17) is 0 Å². The summed E-state index contributed by atoms with van der Waals surface area (Å²) in [6.45, 7) is 3.67. The molecular formula is C18H25N3O4S. The molecule has 1 heterocycles. The van der Waals surface area contributed by atoms with Gasteiger partial charge in [0.15, 0.2) is 0 Å². The maximum Gasteiger partial charge on any atom is 0.240 e. The van der Waals surface area contributed by atoms with Crippen molar-refractivity contribution in [3.05, 3.63) is 48.3 Å². The predicted molar refractivity (Wildman–Crippen MR) is 100 cm³/mol. The molecule has 8 heteroatoms. The number of nitrogens with zero attached hydrogens (tertiary/aromatic N) is 1. The molecule has 1 unspecified atom stereocenters. The van der Waals surface area contributed by atoms with Crippen LogP contribution in [0, 0.1) is 5.92 Å². The second kappa shape index (κ2) is 8.48. The Kier molecular flexibility index (Phi) is 6.57. The summed E-state index contributed by atoms with van der Waals surface area (Å²) in [5.41, 5.74) is 1.27. The van der Waals surface area contributed by atoms with Crippen LogP contribution in [0.3, 0.4) is 0 Å². The lowest BCUT2D eigenvalue weighted by Crippen LogP contribution is -2.26. The van der Waals surface area contributed by atoms with Crippen LogP contribution in [0.2, 0.25) is 0 Å². The van der Waals surface area contributed by atoms with Crippen LogP contribution >= 0.6 is 0 Å². The van der Waals surface area contributed by atoms with Gasteiger partial charge in [-0.2, -0.15) is 0 Å². The van der Waals surface area contributed by atoms with Crippen LogP contribution in [-0.4, -0.2) is 30.5 Å². The minimum atomic E-state index is -3.68. The lowest BCUT2D eigenvalue weighted by atomic mass is 10.2. The number of nitrogens with one attached hydrogen (secondary N) is 2. The number of aryl methyl sites for hydroxylation is 1. The molecule has 0 spiro atoms. The van der Waals surface area contributed by atoms with Crippen molar-refractivity contribution in [2.45, 2.75) is 31.3 Å². The van der Waals surface area contributed by atoms with Crippen molar-refractivity contribution in [1.29, 1.82) is 0 Å². The van der Waals surface area contributed by atoms with Crippen LogP contribution in [0.1, 0.15) is 32.1 Å². The van der Waals surface area contributed by atoms with Crippen molar-refractivity contribution in [2.75, 3.05) is 11.9 Å². The van der Waals surface area contributed by atoms with E-state index in [0.29, 0.717) is 5.69 Å². The fourth-order valence-electron chi connectivity index (χ4n) is 2.39. The van der Waals surface area contributed by atoms with Gasteiger partial charge in [0, 0.05) is 37.1 Å². The smallest absolute Gasteiger partial charge is 0.240 e. The van der Waals surface area contributed by atoms with Crippen molar-refractivity contribution in [3.8, 4) is 0 Å². The molecule has 2 rings (SSSR count). The van der Waals surface area contributed by atoms with Crippen LogP contribution in [0.4, 0.5) is 5.69 Å². The van der Waals surface area contributed by atoms with Gasteiger partial charge in [-0.1, -0.05) is 13.8 Å². The van der Waals surface area contributed by atoms with Gasteiger partial charge in [-0.25, -0.2) is 13.1 Å². The zero-order chi connectivity index (χ0) is 19.3. The van der Waals surface area contributed by atoms with E-state index in [1.807, 2.05) is 19.3 Å². The topological polar surface area (TPSA) is 100 Å². The highest BCUT2D eigenvalue weighted by atomic mass is 32.2. The normalized spacial score (nSPS) is 13.0. The average molecular weight is 379 g/mol. The highest BCUT2D eigenvalue weighted by Gasteiger charge is 2.16. The summed E-state index contributed by atoms with van der Waals surface area (Å²) < 4.78 is 28.9. The SMILES string of the molecule is CC(C)C(=O)Nc1ccc(S(=O)(=O)NCCC(O)c2cccn2C)cc1. The predicted octanol–water partition coefficient (Wildman–Crippen LogP) is 2.02. The Balaban J connectivity index is 1.93. The molecule has 0 saturated heterocycles. The molecule has 1 aromatic heterocycles. The lowest BCUT2D eigenvalue weighted by Gasteiger charge is -2.13. The number of carbonyl (C=O) groups excluding carboxylic acids is 1. The van der Waals surface area contributed by atoms with Gasteiger partial charge < -0.3 is 15.0 Å². The summed E-state index contributed by atoms with van der Waals surface area (Å²) in [5.74, 6) is -0.288. The van der Waals surface area contributed by atoms with Crippen LogP contribution in [0.15, 0.2) is 47.5 Å². The number of anilines is 1. The van der Waals surface area contributed by atoms with E-state index in [-0.39, 0.29) is 29.7 Å². The average Bonchev–Trinajstić information content (AvgIpc) is 3.01. The molecule has 0 bridgehead atoms. The van der Waals surface area contributed by atoms with Gasteiger partial charge in [-0.3, -0.25) is 4.79 Å². The van der Waals surface area contributed by atoms with Gasteiger partial charge in [0.25, 0.3) is 0 Å². The highest BCUT2D eigenvalue weighted by Crippen LogP contribution is 2.17. The molecule has 0 aliphatic rings. The number of aromatic nitrogens is 1. The minimum absolute atomic E-state index is 0.105. The zero-order valence-corrected chi connectivity index (χ0v) is 16.0. The summed E-state index contributed by atoms with van der Waals surface area (Å²) in [7, 11) is -1.86. The number of aliphatic hydroxyl groups excluding tert-OH is 1. The van der Waals surface area contributed by atoms with Crippen molar-refractivity contribution < 1.29 is 18.3 Å². The maximum absolute atomic E-state index is 12.3. The molecule has 1 amide bonds. The second-order valence-electron chi connectivity index (χ2n) is 6.41. The van der Waals surface area contributed by atoms with Crippen LogP contribution in [0.5, 0.6) is 0 Å². The monoisotopic (exact) mass is 379 g/mol. The summed E-state index contributed by atoms with van der Waals surface area (Å²) in [4.78, 5) is 11.8. The van der Waals surface area contributed by atoms with E-state index in [1.54, 1.807) is 36.6 Å². The van der Waals surface area contributed by atoms with Gasteiger partial charge >= 0.3 is 0 Å². The first-order valence-corrected chi connectivity index (χ1v) is 9.89. The van der Waals surface area contributed by atoms with Crippen LogP contribution < -0.4 is 10.0 Å². The number of aliphatic hydroxyl groups is 1. The Hall–Kier alpha value is -2.16. The number of amides is 1. The number of carbonyl (C=O) groups is 1. The summed E-state index contributed by atoms with van der Waals surface area (Å²) in [5, 5.41) is 12.8. The Morgan fingerprint density at radius 2 is 1.85 bits per heavy atom. The number of hydrogen-bond donors (Lipinski definition) is 3. The molecule has 2 aromatic rings. The standard InChI is InChI=1S/C18H25N3O4S/c1-13(2)18(23)20-14-6-8-15(9-7-14)26(24,25)19-11-10-17(22)16-5-4-12-21(16)3/h4-9,12-13,17,19,22H,10-11H2,1-3H3,(H,20,23). The number of rotatable bonds is 8. The molecule has 0 aliphatic carbocycles. The van der Waals surface area contributed by atoms with E-state index in [1.165, 1.54) is 12.1 Å². The second-order valence-corrected chi connectivity index (χ2v) is 8.18. The third kappa shape index (κ3) is 5.17. The van der Waals surface area contributed by atoms with E-state index in [0.717, 1.165) is 5.69 Å². The molecule has 0 fully saturated rings. The van der Waals surface area contributed by atoms with E-state index < -0.39 is 16.1 Å². The molecular weight excluding hydrogens is 354 g/mol. The van der Waals surface area contributed by atoms with Gasteiger partial charge in [-0.15, -0.1) is 0 Å². The number of benzene rings is 1. The van der Waals surface area contributed by atoms with Crippen molar-refractivity contribution in [2.24, 2.45) is 13.0 Å². The van der Waals surface area contributed by atoms with Gasteiger partial charge in [0.2, 0.25) is 15.9 Å². The third-order valence-electron chi connectivity index (χ3n) is 3.99. The molecule has 3 N–H and O–H groups in total. The molecule has 26 heavy (non-hydrogen) atoms. The minimum Gasteiger partial charge on any atom is -0.387 e. The van der Waals surface area contributed by atoms with Gasteiger partial charge in [-0.05, 0) is 42.8 Å². The van der Waals surface area contributed by atoms with Crippen LogP contribution in [-0.2, 0) is 21.9 Å². The first-order valence-electron chi connectivity index (χ1n) is 8.40. The summed E-state index contributed by atoms with van der Waals surface area (Å²) in [6, 6.07) is 9.59. The van der Waals surface area contributed by atoms with Crippen molar-refractivity contribution >= 4 is 21.6 Å². The largest absolute Gasteiger partial charge is 0.387 e. The molecule has 1 atom stereocenters. The molecule has 1 aromatic carbocycles. The van der Waals surface area contributed by atoms with E-state index >= 15 is 0 Å². The molecule has 0 aliphatic heterocycles. The van der Waals surface area contributed by atoms with Crippen molar-refractivity contribution in [1.82, 2.24) is 9.29 Å². The molecule has 0 saturated carbocycles. The Morgan fingerprint density at radius 1 is 1.19 bits per heavy atom. The zero-order valence-electron chi connectivity index (χ0n) is 15.1. The number of sulfonamides is 1. The Bertz CT molecular complexity index is 842. The van der Waals surface area contributed by atoms with E-state index in [2.05, 4.69) is 10.0 Å². The fourth-order valence-corrected chi connectivity index (χ4v) is 3.43. The number of hydrogen-bond acceptors (Lipinski definition) is 4. The van der Waals surface area contributed by atoms with E-state index in [9.17, 15) is 18.3 Å². The lowest BCUT2D eigenvalue weighted by molar-refractivity contribution is -0.118. The Morgan fingerprint density at radius 3 is 2.38 bits per heavy atom. The fraction of sp³-hybridized carbons (Fsp3) is 0.389. The first kappa shape index (κ1) is 20.2. The van der Waals surface area contributed by atoms with Gasteiger partial charge in [0.1, 0.15) is 0 Å². The third-order valence-corrected chi connectivity index (χ3v) is 5.47.